The van der Waals surface area contributed by atoms with Gasteiger partial charge in [0.15, 0.2) is 0 Å². The third-order valence-electron chi connectivity index (χ3n) is 10.4. The van der Waals surface area contributed by atoms with Gasteiger partial charge in [-0.05, 0) is 81.6 Å². The Hall–Kier alpha value is -6.90. The number of rotatable bonds is 6. The van der Waals surface area contributed by atoms with Crippen LogP contribution in [0.2, 0.25) is 0 Å². The molecule has 0 radical (unpaired) electrons. The van der Waals surface area contributed by atoms with Crippen LogP contribution < -0.4 is 4.90 Å². The highest BCUT2D eigenvalue weighted by Gasteiger charge is 2.19. The molecule has 0 N–H and O–H groups in total. The lowest BCUT2D eigenvalue weighted by Gasteiger charge is -2.27. The van der Waals surface area contributed by atoms with Gasteiger partial charge in [-0.3, -0.25) is 0 Å². The van der Waals surface area contributed by atoms with E-state index in [2.05, 4.69) is 216 Å². The lowest BCUT2D eigenvalue weighted by atomic mass is 9.91. The molecule has 0 unspecified atom stereocenters. The van der Waals surface area contributed by atoms with Crippen molar-refractivity contribution in [1.82, 2.24) is 4.57 Å². The number of benzene rings is 9. The lowest BCUT2D eigenvalue weighted by Crippen LogP contribution is -2.10. The maximum atomic E-state index is 2.42. The van der Waals surface area contributed by atoms with E-state index in [1.54, 1.807) is 0 Å². The Bertz CT molecular complexity index is 2830. The third kappa shape index (κ3) is 4.88. The molecule has 0 saturated carbocycles. The first-order valence-corrected chi connectivity index (χ1v) is 17.9. The average Bonchev–Trinajstić information content (AvgIpc) is 3.55. The summed E-state index contributed by atoms with van der Waals surface area (Å²) in [6.07, 6.45) is 0. The topological polar surface area (TPSA) is 8.17 Å². The first-order valence-electron chi connectivity index (χ1n) is 17.9. The molecule has 10 rings (SSSR count). The van der Waals surface area contributed by atoms with Crippen LogP contribution in [0.25, 0.3) is 71.3 Å². The van der Waals surface area contributed by atoms with E-state index < -0.39 is 0 Å². The van der Waals surface area contributed by atoms with Gasteiger partial charge in [-0.2, -0.15) is 0 Å². The minimum atomic E-state index is 1.10. The van der Waals surface area contributed by atoms with E-state index >= 15 is 0 Å². The fourth-order valence-electron chi connectivity index (χ4n) is 8.08. The molecule has 2 heteroatoms. The number of hydrogen-bond acceptors (Lipinski definition) is 1. The molecule has 9 aromatic carbocycles. The van der Waals surface area contributed by atoms with E-state index in [1.165, 1.54) is 71.3 Å². The first kappa shape index (κ1) is 30.0. The van der Waals surface area contributed by atoms with Crippen molar-refractivity contribution in [2.45, 2.75) is 0 Å². The number of anilines is 3. The summed E-state index contributed by atoms with van der Waals surface area (Å²) in [5, 5.41) is 7.43. The van der Waals surface area contributed by atoms with Gasteiger partial charge in [-0.1, -0.05) is 158 Å². The molecular formula is C50H34N2. The van der Waals surface area contributed by atoms with Gasteiger partial charge in [0.25, 0.3) is 0 Å². The van der Waals surface area contributed by atoms with Crippen molar-refractivity contribution in [1.29, 1.82) is 0 Å². The lowest BCUT2D eigenvalue weighted by molar-refractivity contribution is 1.20. The Morgan fingerprint density at radius 1 is 0.327 bits per heavy atom. The summed E-state index contributed by atoms with van der Waals surface area (Å²) >= 11 is 0. The predicted octanol–water partition coefficient (Wildman–Crippen LogP) is 13.9. The van der Waals surface area contributed by atoms with Gasteiger partial charge in [-0.15, -0.1) is 0 Å². The SMILES string of the molecule is c1ccc(-c2cccc3cccc(-c4ccc(N(c5ccccc5)c5cccc6c(-n7c8ccccc8c8ccccc87)cccc56)cc4)c23)cc1. The zero-order chi connectivity index (χ0) is 34.4. The summed E-state index contributed by atoms with van der Waals surface area (Å²) in [4.78, 5) is 2.39. The van der Waals surface area contributed by atoms with E-state index in [0.717, 1.165) is 17.1 Å². The van der Waals surface area contributed by atoms with Crippen LogP contribution in [0, 0.1) is 0 Å². The van der Waals surface area contributed by atoms with Gasteiger partial charge in [0.05, 0.1) is 22.4 Å². The van der Waals surface area contributed by atoms with Gasteiger partial charge >= 0.3 is 0 Å². The molecule has 0 aliphatic carbocycles. The maximum absolute atomic E-state index is 2.42. The zero-order valence-electron chi connectivity index (χ0n) is 28.5. The standard InChI is InChI=1S/C50H34N2/c1-3-15-35(16-4-1)40-23-11-17-37-18-12-24-41(50(37)40)36-31-33-39(34-32-36)51(38-19-5-2-6-20-38)46-29-13-26-45-44(46)25-14-30-49(45)52-47-27-9-7-21-42(47)43-22-8-10-28-48(43)52/h1-34H. The normalized spacial score (nSPS) is 11.5. The van der Waals surface area contributed by atoms with Crippen LogP contribution in [0.1, 0.15) is 0 Å². The van der Waals surface area contributed by atoms with Crippen LogP contribution in [0.4, 0.5) is 17.1 Å². The largest absolute Gasteiger partial charge is 0.310 e. The quantitative estimate of drug-likeness (QED) is 0.172. The van der Waals surface area contributed by atoms with Gasteiger partial charge in [0.2, 0.25) is 0 Å². The van der Waals surface area contributed by atoms with Crippen molar-refractivity contribution in [3.63, 3.8) is 0 Å². The predicted molar refractivity (Wildman–Crippen MR) is 221 cm³/mol. The van der Waals surface area contributed by atoms with Crippen molar-refractivity contribution in [3.8, 4) is 27.9 Å². The number of para-hydroxylation sites is 3. The molecule has 0 aliphatic heterocycles. The van der Waals surface area contributed by atoms with E-state index in [9.17, 15) is 0 Å². The highest BCUT2D eigenvalue weighted by Crippen LogP contribution is 2.43. The summed E-state index contributed by atoms with van der Waals surface area (Å²) in [6.45, 7) is 0. The molecule has 0 atom stereocenters. The minimum absolute atomic E-state index is 1.10. The second kappa shape index (κ2) is 12.5. The van der Waals surface area contributed by atoms with Crippen LogP contribution in [-0.4, -0.2) is 4.57 Å². The third-order valence-corrected chi connectivity index (χ3v) is 10.4. The van der Waals surface area contributed by atoms with Crippen molar-refractivity contribution < 1.29 is 0 Å². The molecule has 0 bridgehead atoms. The Balaban J connectivity index is 1.14. The maximum Gasteiger partial charge on any atom is 0.0541 e. The molecule has 10 aromatic rings. The van der Waals surface area contributed by atoms with Crippen LogP contribution in [-0.2, 0) is 0 Å². The molecule has 1 aromatic heterocycles. The van der Waals surface area contributed by atoms with Crippen molar-refractivity contribution in [2.24, 2.45) is 0 Å². The van der Waals surface area contributed by atoms with Crippen molar-refractivity contribution in [2.75, 3.05) is 4.90 Å². The highest BCUT2D eigenvalue weighted by molar-refractivity contribution is 6.12. The first-order chi connectivity index (χ1) is 25.8. The molecule has 0 aliphatic rings. The summed E-state index contributed by atoms with van der Waals surface area (Å²) in [6, 6.07) is 74.6. The number of nitrogens with zero attached hydrogens (tertiary/aromatic N) is 2. The number of fused-ring (bicyclic) bond motifs is 5. The minimum Gasteiger partial charge on any atom is -0.310 e. The molecule has 52 heavy (non-hydrogen) atoms. The van der Waals surface area contributed by atoms with Crippen molar-refractivity contribution in [3.05, 3.63) is 206 Å². The summed E-state index contributed by atoms with van der Waals surface area (Å²) in [5.74, 6) is 0. The summed E-state index contributed by atoms with van der Waals surface area (Å²) in [5.41, 5.74) is 11.8. The van der Waals surface area contributed by atoms with E-state index in [-0.39, 0.29) is 0 Å². The van der Waals surface area contributed by atoms with Crippen LogP contribution in [0.5, 0.6) is 0 Å². The van der Waals surface area contributed by atoms with Crippen LogP contribution in [0.15, 0.2) is 206 Å². The second-order valence-corrected chi connectivity index (χ2v) is 13.3. The summed E-state index contributed by atoms with van der Waals surface area (Å²) in [7, 11) is 0. The van der Waals surface area contributed by atoms with Crippen LogP contribution in [0.3, 0.4) is 0 Å². The van der Waals surface area contributed by atoms with Gasteiger partial charge < -0.3 is 9.47 Å². The fourth-order valence-corrected chi connectivity index (χ4v) is 8.08. The molecule has 0 spiro atoms. The molecule has 0 saturated heterocycles. The monoisotopic (exact) mass is 662 g/mol. The van der Waals surface area contributed by atoms with Gasteiger partial charge in [0.1, 0.15) is 0 Å². The fraction of sp³-hybridized carbons (Fsp3) is 0. The van der Waals surface area contributed by atoms with Crippen LogP contribution >= 0.6 is 0 Å². The molecule has 244 valence electrons. The van der Waals surface area contributed by atoms with Gasteiger partial charge in [-0.25, -0.2) is 0 Å². The average molecular weight is 663 g/mol. The molecule has 1 heterocycles. The number of hydrogen-bond donors (Lipinski definition) is 0. The van der Waals surface area contributed by atoms with Gasteiger partial charge in [0, 0.05) is 32.9 Å². The summed E-state index contributed by atoms with van der Waals surface area (Å²) < 4.78 is 2.42. The Morgan fingerprint density at radius 2 is 0.827 bits per heavy atom. The Kier molecular flexibility index (Phi) is 7.18. The zero-order valence-corrected chi connectivity index (χ0v) is 28.5. The molecule has 0 amide bonds. The molecule has 0 fully saturated rings. The van der Waals surface area contributed by atoms with E-state index in [4.69, 9.17) is 0 Å². The smallest absolute Gasteiger partial charge is 0.0541 e. The Morgan fingerprint density at radius 3 is 1.50 bits per heavy atom. The second-order valence-electron chi connectivity index (χ2n) is 13.3. The molecule has 2 nitrogen and oxygen atoms in total. The van der Waals surface area contributed by atoms with E-state index in [1.807, 2.05) is 0 Å². The van der Waals surface area contributed by atoms with E-state index in [0.29, 0.717) is 0 Å². The Labute approximate surface area is 303 Å². The number of aromatic nitrogens is 1. The highest BCUT2D eigenvalue weighted by atomic mass is 15.1. The molecular weight excluding hydrogens is 629 g/mol. The van der Waals surface area contributed by atoms with Crippen molar-refractivity contribution >= 4 is 60.4 Å².